The number of piperidine rings is 1. The molecule has 2 N–H and O–H groups in total. The molecule has 1 atom stereocenters. The smallest absolute Gasteiger partial charge is 0.154 e. The van der Waals surface area contributed by atoms with Crippen molar-refractivity contribution in [2.24, 2.45) is 7.05 Å². The Bertz CT molecular complexity index is 1240. The minimum atomic E-state index is -0.154. The van der Waals surface area contributed by atoms with Crippen LogP contribution in [0.15, 0.2) is 60.3 Å². The number of nitrogens with zero attached hydrogens (tertiary/aromatic N) is 4. The van der Waals surface area contributed by atoms with E-state index < -0.39 is 0 Å². The number of aryl methyl sites for hydroxylation is 1. The highest BCUT2D eigenvalue weighted by atomic mass is 32.2. The first-order chi connectivity index (χ1) is 17.5. The molecule has 1 unspecified atom stereocenters. The Hall–Kier alpha value is -2.77. The Balaban J connectivity index is 1.32. The summed E-state index contributed by atoms with van der Waals surface area (Å²) in [4.78, 5) is 12.2. The molecule has 5 rings (SSSR count). The van der Waals surface area contributed by atoms with Crippen LogP contribution < -0.4 is 10.2 Å². The largest absolute Gasteiger partial charge is 0.393 e. The normalized spacial score (nSPS) is 18.8. The highest BCUT2D eigenvalue weighted by molar-refractivity contribution is 8.00. The molecule has 1 aliphatic heterocycles. The van der Waals surface area contributed by atoms with Gasteiger partial charge in [-0.3, -0.25) is 0 Å². The van der Waals surface area contributed by atoms with Crippen LogP contribution in [0, 0.1) is 0 Å². The minimum absolute atomic E-state index is 0.154. The van der Waals surface area contributed by atoms with E-state index in [-0.39, 0.29) is 6.10 Å². The topological polar surface area (TPSA) is 66.2 Å². The van der Waals surface area contributed by atoms with Gasteiger partial charge in [0.25, 0.3) is 0 Å². The van der Waals surface area contributed by atoms with E-state index in [1.54, 1.807) is 0 Å². The van der Waals surface area contributed by atoms with Crippen molar-refractivity contribution in [3.63, 3.8) is 0 Å². The van der Waals surface area contributed by atoms with Crippen molar-refractivity contribution in [2.75, 3.05) is 29.9 Å². The third-order valence-electron chi connectivity index (χ3n) is 7.00. The molecule has 1 aromatic carbocycles. The molecule has 1 saturated heterocycles. The van der Waals surface area contributed by atoms with Crippen LogP contribution in [-0.4, -0.2) is 55.9 Å². The summed E-state index contributed by atoms with van der Waals surface area (Å²) in [5, 5.41) is 14.6. The average molecular weight is 504 g/mol. The number of allylic oxidation sites excluding steroid dienone is 3. The summed E-state index contributed by atoms with van der Waals surface area (Å²) < 4.78 is 2.10. The molecule has 0 bridgehead atoms. The van der Waals surface area contributed by atoms with Crippen LogP contribution in [0.1, 0.15) is 44.5 Å². The van der Waals surface area contributed by atoms with Crippen molar-refractivity contribution in [1.29, 1.82) is 0 Å². The van der Waals surface area contributed by atoms with Crippen LogP contribution in [-0.2, 0) is 13.5 Å². The van der Waals surface area contributed by atoms with Crippen LogP contribution in [0.2, 0.25) is 0 Å². The molecule has 2 aliphatic rings. The number of hydrogen-bond donors (Lipinski definition) is 2. The van der Waals surface area contributed by atoms with Gasteiger partial charge in [-0.1, -0.05) is 44.2 Å². The third kappa shape index (κ3) is 5.79. The van der Waals surface area contributed by atoms with E-state index in [9.17, 15) is 5.11 Å². The number of aliphatic hydroxyl groups excluding tert-OH is 1. The van der Waals surface area contributed by atoms with Gasteiger partial charge in [0.15, 0.2) is 5.82 Å². The second-order valence-corrected chi connectivity index (χ2v) is 11.9. The number of aromatic nitrogens is 3. The second-order valence-electron chi connectivity index (χ2n) is 10.1. The van der Waals surface area contributed by atoms with Crippen molar-refractivity contribution in [1.82, 2.24) is 14.5 Å². The standard InChI is InChI=1S/C29H37N5OS/c1-20(2)36-26-7-5-4-6-22(26)19-30-29-28-25(14-15-33(28)3)31-27(32-29)18-21-8-10-23(11-9-21)34-16-12-24(35)13-17-34/h4-6,8-11,14-15,20,24,26,35H,7,12-13,16-19H2,1-3H3,(H,30,31,32). The molecule has 0 saturated carbocycles. The Morgan fingerprint density at radius 1 is 1.11 bits per heavy atom. The van der Waals surface area contributed by atoms with Crippen molar-refractivity contribution in [3.05, 3.63) is 71.7 Å². The monoisotopic (exact) mass is 503 g/mol. The first-order valence-corrected chi connectivity index (χ1v) is 14.0. The first-order valence-electron chi connectivity index (χ1n) is 13.0. The van der Waals surface area contributed by atoms with Crippen LogP contribution >= 0.6 is 11.8 Å². The quantitative estimate of drug-likeness (QED) is 0.433. The molecule has 1 fully saturated rings. The number of hydrogen-bond acceptors (Lipinski definition) is 6. The van der Waals surface area contributed by atoms with Gasteiger partial charge in [0.1, 0.15) is 11.3 Å². The van der Waals surface area contributed by atoms with E-state index in [2.05, 4.69) is 90.4 Å². The van der Waals surface area contributed by atoms with Crippen LogP contribution in [0.5, 0.6) is 0 Å². The molecular formula is C29H37N5OS. The Kier molecular flexibility index (Phi) is 7.67. The van der Waals surface area contributed by atoms with Gasteiger partial charge in [-0.2, -0.15) is 11.8 Å². The summed E-state index contributed by atoms with van der Waals surface area (Å²) in [6, 6.07) is 10.8. The second kappa shape index (κ2) is 11.1. The number of benzene rings is 1. The molecule has 3 heterocycles. The number of fused-ring (bicyclic) bond motifs is 1. The van der Waals surface area contributed by atoms with E-state index in [0.29, 0.717) is 16.9 Å². The summed E-state index contributed by atoms with van der Waals surface area (Å²) in [6.07, 6.45) is 12.0. The van der Waals surface area contributed by atoms with Crippen LogP contribution in [0.25, 0.3) is 11.0 Å². The fraction of sp³-hybridized carbons (Fsp3) is 0.448. The lowest BCUT2D eigenvalue weighted by atomic mass is 10.0. The fourth-order valence-corrected chi connectivity index (χ4v) is 6.27. The number of aliphatic hydroxyl groups is 1. The summed E-state index contributed by atoms with van der Waals surface area (Å²) in [6.45, 7) is 7.13. The maximum absolute atomic E-state index is 9.79. The highest BCUT2D eigenvalue weighted by Crippen LogP contribution is 2.30. The van der Waals surface area contributed by atoms with Crippen molar-refractivity contribution in [2.45, 2.75) is 56.1 Å². The van der Waals surface area contributed by atoms with Gasteiger partial charge in [0, 0.05) is 50.2 Å². The molecule has 1 aliphatic carbocycles. The van der Waals surface area contributed by atoms with E-state index in [1.807, 2.05) is 11.8 Å². The molecule has 0 radical (unpaired) electrons. The van der Waals surface area contributed by atoms with Gasteiger partial charge in [0.2, 0.25) is 0 Å². The predicted molar refractivity (Wildman–Crippen MR) is 152 cm³/mol. The lowest BCUT2D eigenvalue weighted by Crippen LogP contribution is -2.35. The Labute approximate surface area is 218 Å². The maximum atomic E-state index is 9.79. The lowest BCUT2D eigenvalue weighted by molar-refractivity contribution is 0.145. The van der Waals surface area contributed by atoms with Gasteiger partial charge in [-0.05, 0) is 53.8 Å². The van der Waals surface area contributed by atoms with E-state index >= 15 is 0 Å². The zero-order valence-electron chi connectivity index (χ0n) is 21.5. The first kappa shape index (κ1) is 24.9. The molecule has 0 spiro atoms. The van der Waals surface area contributed by atoms with E-state index in [0.717, 1.165) is 61.6 Å². The average Bonchev–Trinajstić information content (AvgIpc) is 3.24. The number of thioether (sulfide) groups is 1. The summed E-state index contributed by atoms with van der Waals surface area (Å²) >= 11 is 2.03. The van der Waals surface area contributed by atoms with Gasteiger partial charge in [0.05, 0.1) is 11.6 Å². The number of nitrogens with one attached hydrogen (secondary N) is 1. The van der Waals surface area contributed by atoms with Crippen LogP contribution in [0.3, 0.4) is 0 Å². The SMILES string of the molecule is CC(C)SC1CC=CC=C1CNc1nc(Cc2ccc(N3CCC(O)CC3)cc2)nc2ccn(C)c12. The predicted octanol–water partition coefficient (Wildman–Crippen LogP) is 5.33. The van der Waals surface area contributed by atoms with Crippen molar-refractivity contribution >= 4 is 34.3 Å². The van der Waals surface area contributed by atoms with E-state index in [4.69, 9.17) is 9.97 Å². The lowest BCUT2D eigenvalue weighted by Gasteiger charge is -2.31. The molecular weight excluding hydrogens is 466 g/mol. The molecule has 2 aromatic heterocycles. The van der Waals surface area contributed by atoms with Gasteiger partial charge < -0.3 is 19.9 Å². The summed E-state index contributed by atoms with van der Waals surface area (Å²) in [5.41, 5.74) is 5.85. The Morgan fingerprint density at radius 2 is 1.89 bits per heavy atom. The van der Waals surface area contributed by atoms with Gasteiger partial charge >= 0.3 is 0 Å². The molecule has 3 aromatic rings. The number of rotatable bonds is 8. The Morgan fingerprint density at radius 3 is 2.64 bits per heavy atom. The molecule has 36 heavy (non-hydrogen) atoms. The molecule has 190 valence electrons. The highest BCUT2D eigenvalue weighted by Gasteiger charge is 2.19. The van der Waals surface area contributed by atoms with E-state index in [1.165, 1.54) is 16.8 Å². The fourth-order valence-electron chi connectivity index (χ4n) is 5.06. The number of anilines is 2. The van der Waals surface area contributed by atoms with Crippen LogP contribution in [0.4, 0.5) is 11.5 Å². The molecule has 6 nitrogen and oxygen atoms in total. The zero-order chi connectivity index (χ0) is 25.1. The summed E-state index contributed by atoms with van der Waals surface area (Å²) in [5.74, 6) is 1.73. The van der Waals surface area contributed by atoms with Crippen molar-refractivity contribution < 1.29 is 5.11 Å². The van der Waals surface area contributed by atoms with Gasteiger partial charge in [-0.15, -0.1) is 0 Å². The van der Waals surface area contributed by atoms with Crippen molar-refractivity contribution in [3.8, 4) is 0 Å². The molecule has 7 heteroatoms. The maximum Gasteiger partial charge on any atom is 0.154 e. The van der Waals surface area contributed by atoms with Gasteiger partial charge in [-0.25, -0.2) is 9.97 Å². The third-order valence-corrected chi connectivity index (χ3v) is 8.37. The minimum Gasteiger partial charge on any atom is -0.393 e. The zero-order valence-corrected chi connectivity index (χ0v) is 22.3. The summed E-state index contributed by atoms with van der Waals surface area (Å²) in [7, 11) is 2.05. The molecule has 0 amide bonds.